The second-order valence-corrected chi connectivity index (χ2v) is 3.26. The van der Waals surface area contributed by atoms with E-state index in [9.17, 15) is 13.2 Å². The molecule has 0 aliphatic carbocycles. The molecule has 3 nitrogen and oxygen atoms in total. The predicted molar refractivity (Wildman–Crippen MR) is 41.3 cm³/mol. The van der Waals surface area contributed by atoms with Crippen LogP contribution in [0.2, 0.25) is 0 Å². The van der Waals surface area contributed by atoms with E-state index in [0.29, 0.717) is 13.0 Å². The van der Waals surface area contributed by atoms with Gasteiger partial charge in [0.15, 0.2) is 0 Å². The maximum atomic E-state index is 11.9. The Balaban J connectivity index is 2.40. The number of alkyl halides is 3. The van der Waals surface area contributed by atoms with Gasteiger partial charge in [-0.1, -0.05) is 0 Å². The molecule has 1 aliphatic heterocycles. The van der Waals surface area contributed by atoms with Crippen LogP contribution in [-0.2, 0) is 4.74 Å². The summed E-state index contributed by atoms with van der Waals surface area (Å²) in [5.74, 6) is 0. The summed E-state index contributed by atoms with van der Waals surface area (Å²) in [7, 11) is 0. The van der Waals surface area contributed by atoms with Crippen LogP contribution < -0.4 is 11.1 Å². The highest BCUT2D eigenvalue weighted by molar-refractivity contribution is 4.93. The molecule has 0 saturated carbocycles. The molecule has 0 amide bonds. The molecule has 0 spiro atoms. The van der Waals surface area contributed by atoms with E-state index in [4.69, 9.17) is 10.5 Å². The number of nitrogens with one attached hydrogen (secondary N) is 1. The molecule has 0 aromatic rings. The Morgan fingerprint density at radius 2 is 2.15 bits per heavy atom. The minimum absolute atomic E-state index is 0.170. The van der Waals surface area contributed by atoms with Gasteiger partial charge in [-0.25, -0.2) is 0 Å². The molecule has 1 fully saturated rings. The zero-order valence-corrected chi connectivity index (χ0v) is 7.16. The molecule has 3 N–H and O–H groups in total. The average Bonchev–Trinajstić information content (AvgIpc) is 2.49. The van der Waals surface area contributed by atoms with Gasteiger partial charge in [-0.2, -0.15) is 13.2 Å². The smallest absolute Gasteiger partial charge is 0.379 e. The van der Waals surface area contributed by atoms with Gasteiger partial charge in [-0.15, -0.1) is 0 Å². The van der Waals surface area contributed by atoms with Crippen molar-refractivity contribution >= 4 is 0 Å². The fourth-order valence-corrected chi connectivity index (χ4v) is 1.27. The van der Waals surface area contributed by atoms with E-state index in [1.807, 2.05) is 0 Å². The highest BCUT2D eigenvalue weighted by Crippen LogP contribution is 2.20. The summed E-state index contributed by atoms with van der Waals surface area (Å²) in [4.78, 5) is 0. The van der Waals surface area contributed by atoms with Crippen molar-refractivity contribution in [3.8, 4) is 0 Å². The molecule has 1 aliphatic rings. The van der Waals surface area contributed by atoms with Gasteiger partial charge in [-0.05, 0) is 6.42 Å². The van der Waals surface area contributed by atoms with Gasteiger partial charge in [0.2, 0.25) is 0 Å². The molecule has 1 rings (SSSR count). The van der Waals surface area contributed by atoms with Crippen molar-refractivity contribution in [3.05, 3.63) is 0 Å². The van der Waals surface area contributed by atoms with Gasteiger partial charge in [0.25, 0.3) is 0 Å². The Hall–Kier alpha value is -0.330. The van der Waals surface area contributed by atoms with Crippen LogP contribution in [-0.4, -0.2) is 38.0 Å². The molecule has 1 atom stereocenters. The number of hydrogen-bond donors (Lipinski definition) is 2. The third kappa shape index (κ3) is 3.13. The molecule has 78 valence electrons. The van der Waals surface area contributed by atoms with Gasteiger partial charge >= 0.3 is 6.18 Å². The topological polar surface area (TPSA) is 47.3 Å². The third-order valence-corrected chi connectivity index (χ3v) is 2.16. The van der Waals surface area contributed by atoms with Gasteiger partial charge in [0, 0.05) is 13.2 Å². The third-order valence-electron chi connectivity index (χ3n) is 2.16. The lowest BCUT2D eigenvalue weighted by molar-refractivity contribution is -0.128. The number of ether oxygens (including phenoxy) is 1. The van der Waals surface area contributed by atoms with Crippen LogP contribution >= 0.6 is 0 Å². The van der Waals surface area contributed by atoms with Crippen LogP contribution in [0.25, 0.3) is 0 Å². The monoisotopic (exact) mass is 198 g/mol. The van der Waals surface area contributed by atoms with Crippen LogP contribution in [0.3, 0.4) is 0 Å². The van der Waals surface area contributed by atoms with Gasteiger partial charge in [0.05, 0.1) is 18.7 Å². The maximum absolute atomic E-state index is 11.9. The van der Waals surface area contributed by atoms with Crippen LogP contribution in [0.4, 0.5) is 13.2 Å². The van der Waals surface area contributed by atoms with Gasteiger partial charge in [0.1, 0.15) is 0 Å². The van der Waals surface area contributed by atoms with Crippen LogP contribution in [0.5, 0.6) is 0 Å². The van der Waals surface area contributed by atoms with Crippen molar-refractivity contribution < 1.29 is 17.9 Å². The van der Waals surface area contributed by atoms with E-state index in [2.05, 4.69) is 5.32 Å². The Labute approximate surface area is 74.4 Å². The summed E-state index contributed by atoms with van der Waals surface area (Å²) in [5, 5.41) is 2.41. The Kier molecular flexibility index (Phi) is 3.15. The molecule has 0 bridgehead atoms. The average molecular weight is 198 g/mol. The molecule has 0 aromatic heterocycles. The lowest BCUT2D eigenvalue weighted by atomic mass is 9.99. The van der Waals surface area contributed by atoms with E-state index in [1.165, 1.54) is 0 Å². The molecular formula is C7H13F3N2O. The first-order valence-corrected chi connectivity index (χ1v) is 4.07. The number of hydrogen-bond acceptors (Lipinski definition) is 3. The normalized spacial score (nSPS) is 29.5. The zero-order chi connectivity index (χ0) is 9.95. The number of nitrogens with two attached hydrogens (primary N) is 1. The van der Waals surface area contributed by atoms with E-state index in [1.54, 1.807) is 0 Å². The summed E-state index contributed by atoms with van der Waals surface area (Å²) in [6, 6.07) is 0. The summed E-state index contributed by atoms with van der Waals surface area (Å²) >= 11 is 0. The van der Waals surface area contributed by atoms with Crippen molar-refractivity contribution in [1.82, 2.24) is 5.32 Å². The summed E-state index contributed by atoms with van der Waals surface area (Å²) in [6.45, 7) is -0.0989. The molecule has 0 radical (unpaired) electrons. The molecular weight excluding hydrogens is 185 g/mol. The Morgan fingerprint density at radius 1 is 1.46 bits per heavy atom. The van der Waals surface area contributed by atoms with Crippen LogP contribution in [0, 0.1) is 0 Å². The zero-order valence-electron chi connectivity index (χ0n) is 7.16. The van der Waals surface area contributed by atoms with E-state index >= 15 is 0 Å². The predicted octanol–water partition coefficient (Wildman–Crippen LogP) is 0.256. The molecule has 1 heterocycles. The largest absolute Gasteiger partial charge is 0.401 e. The number of rotatable bonds is 3. The molecule has 1 saturated heterocycles. The van der Waals surface area contributed by atoms with Crippen molar-refractivity contribution in [1.29, 1.82) is 0 Å². The van der Waals surface area contributed by atoms with Crippen molar-refractivity contribution in [2.24, 2.45) is 5.73 Å². The fraction of sp³-hybridized carbons (Fsp3) is 1.00. The SMILES string of the molecule is NCC1(NCC(F)(F)F)CCOC1. The second kappa shape index (κ2) is 3.81. The first-order valence-electron chi connectivity index (χ1n) is 4.07. The van der Waals surface area contributed by atoms with Crippen LogP contribution in [0.15, 0.2) is 0 Å². The molecule has 6 heteroatoms. The second-order valence-electron chi connectivity index (χ2n) is 3.26. The van der Waals surface area contributed by atoms with Gasteiger partial charge < -0.3 is 10.5 Å². The van der Waals surface area contributed by atoms with E-state index in [0.717, 1.165) is 0 Å². The summed E-state index contributed by atoms with van der Waals surface area (Å²) < 4.78 is 40.6. The van der Waals surface area contributed by atoms with Crippen molar-refractivity contribution in [2.75, 3.05) is 26.3 Å². The Morgan fingerprint density at radius 3 is 2.54 bits per heavy atom. The Bertz CT molecular complexity index is 166. The lowest BCUT2D eigenvalue weighted by Gasteiger charge is -2.27. The first-order chi connectivity index (χ1) is 5.97. The van der Waals surface area contributed by atoms with E-state index < -0.39 is 18.3 Å². The minimum atomic E-state index is -4.19. The van der Waals surface area contributed by atoms with Crippen LogP contribution in [0.1, 0.15) is 6.42 Å². The maximum Gasteiger partial charge on any atom is 0.401 e. The molecule has 1 unspecified atom stereocenters. The first kappa shape index (κ1) is 10.7. The standard InChI is InChI=1S/C7H13F3N2O/c8-7(9,10)4-12-6(3-11)1-2-13-5-6/h12H,1-5,11H2. The highest BCUT2D eigenvalue weighted by Gasteiger charge is 2.37. The fourth-order valence-electron chi connectivity index (χ4n) is 1.27. The van der Waals surface area contributed by atoms with E-state index in [-0.39, 0.29) is 13.2 Å². The highest BCUT2D eigenvalue weighted by atomic mass is 19.4. The molecule has 13 heavy (non-hydrogen) atoms. The van der Waals surface area contributed by atoms with Gasteiger partial charge in [-0.3, -0.25) is 5.32 Å². The molecule has 0 aromatic carbocycles. The number of halogens is 3. The summed E-state index contributed by atoms with van der Waals surface area (Å²) in [6.07, 6.45) is -3.65. The lowest BCUT2D eigenvalue weighted by Crippen LogP contribution is -2.54. The van der Waals surface area contributed by atoms with Crippen molar-refractivity contribution in [2.45, 2.75) is 18.1 Å². The quantitative estimate of drug-likeness (QED) is 0.683. The summed E-state index contributed by atoms with van der Waals surface area (Å²) in [5.41, 5.74) is 4.72. The van der Waals surface area contributed by atoms with Crippen molar-refractivity contribution in [3.63, 3.8) is 0 Å². The minimum Gasteiger partial charge on any atom is -0.379 e.